The molecular formula is C19H16Cl3N3O. The second-order valence-corrected chi connectivity index (χ2v) is 7.24. The predicted molar refractivity (Wildman–Crippen MR) is 107 cm³/mol. The lowest BCUT2D eigenvalue weighted by molar-refractivity contribution is 0.102. The van der Waals surface area contributed by atoms with Crippen LogP contribution in [0.2, 0.25) is 15.2 Å². The van der Waals surface area contributed by atoms with Gasteiger partial charge in [0.1, 0.15) is 5.15 Å². The van der Waals surface area contributed by atoms with E-state index in [9.17, 15) is 4.79 Å². The molecule has 0 spiro atoms. The molecule has 1 aromatic heterocycles. The molecule has 3 rings (SSSR count). The fourth-order valence-corrected chi connectivity index (χ4v) is 3.45. The molecule has 1 amide bonds. The summed E-state index contributed by atoms with van der Waals surface area (Å²) in [6.07, 6.45) is 0. The predicted octanol–water partition coefficient (Wildman–Crippen LogP) is 5.76. The third-order valence-corrected chi connectivity index (χ3v) is 4.69. The molecule has 1 heterocycles. The number of anilines is 1. The zero-order chi connectivity index (χ0) is 18.8. The highest BCUT2D eigenvalue weighted by atomic mass is 35.5. The summed E-state index contributed by atoms with van der Waals surface area (Å²) in [4.78, 5) is 12.7. The van der Waals surface area contributed by atoms with Crippen LogP contribution in [0.15, 0.2) is 42.5 Å². The molecule has 0 radical (unpaired) electrons. The summed E-state index contributed by atoms with van der Waals surface area (Å²) < 4.78 is 1.61. The van der Waals surface area contributed by atoms with E-state index < -0.39 is 0 Å². The van der Waals surface area contributed by atoms with Gasteiger partial charge in [0.05, 0.1) is 17.8 Å². The Labute approximate surface area is 166 Å². The van der Waals surface area contributed by atoms with Gasteiger partial charge < -0.3 is 5.32 Å². The Bertz CT molecular complexity index is 945. The van der Waals surface area contributed by atoms with E-state index in [0.29, 0.717) is 33.5 Å². The number of halogens is 3. The molecule has 26 heavy (non-hydrogen) atoms. The number of hydrogen-bond acceptors (Lipinski definition) is 2. The number of rotatable bonds is 4. The summed E-state index contributed by atoms with van der Waals surface area (Å²) in [6.45, 7) is 4.26. The lowest BCUT2D eigenvalue weighted by Gasteiger charge is -2.07. The fraction of sp³-hybridized carbons (Fsp3) is 0.158. The van der Waals surface area contributed by atoms with Crippen LogP contribution < -0.4 is 5.32 Å². The lowest BCUT2D eigenvalue weighted by atomic mass is 10.1. The second-order valence-electron chi connectivity index (χ2n) is 6.01. The highest BCUT2D eigenvalue weighted by Gasteiger charge is 2.20. The Morgan fingerprint density at radius 1 is 1.04 bits per heavy atom. The second kappa shape index (κ2) is 7.70. The monoisotopic (exact) mass is 407 g/mol. The molecular weight excluding hydrogens is 393 g/mol. The van der Waals surface area contributed by atoms with Gasteiger partial charge >= 0.3 is 0 Å². The largest absolute Gasteiger partial charge is 0.322 e. The van der Waals surface area contributed by atoms with Gasteiger partial charge in [-0.25, -0.2) is 4.68 Å². The van der Waals surface area contributed by atoms with Crippen molar-refractivity contribution in [3.05, 3.63) is 80.0 Å². The standard InChI is InChI=1S/C19H16Cl3N3O/c1-11-3-5-13(6-4-11)10-25-18(22)17(12(2)24-25)19(26)23-16-8-14(20)7-15(21)9-16/h3-9H,10H2,1-2H3,(H,23,26). The molecule has 2 aromatic carbocycles. The van der Waals surface area contributed by atoms with Crippen LogP contribution in [0.1, 0.15) is 27.2 Å². The van der Waals surface area contributed by atoms with Crippen molar-refractivity contribution in [1.82, 2.24) is 9.78 Å². The van der Waals surface area contributed by atoms with Gasteiger partial charge in [-0.05, 0) is 37.6 Å². The summed E-state index contributed by atoms with van der Waals surface area (Å²) in [5.41, 5.74) is 3.60. The molecule has 0 fully saturated rings. The minimum atomic E-state index is -0.360. The number of amides is 1. The van der Waals surface area contributed by atoms with Gasteiger partial charge in [0.15, 0.2) is 0 Å². The molecule has 0 aliphatic rings. The average molecular weight is 409 g/mol. The number of nitrogens with one attached hydrogen (secondary N) is 1. The Morgan fingerprint density at radius 3 is 2.27 bits per heavy atom. The van der Waals surface area contributed by atoms with Crippen LogP contribution in [-0.4, -0.2) is 15.7 Å². The maximum atomic E-state index is 12.7. The number of aromatic nitrogens is 2. The van der Waals surface area contributed by atoms with E-state index in [1.54, 1.807) is 29.8 Å². The molecule has 0 bridgehead atoms. The Kier molecular flexibility index (Phi) is 5.56. The molecule has 7 heteroatoms. The van der Waals surface area contributed by atoms with E-state index in [1.165, 1.54) is 5.56 Å². The van der Waals surface area contributed by atoms with E-state index in [1.807, 2.05) is 31.2 Å². The van der Waals surface area contributed by atoms with E-state index >= 15 is 0 Å². The van der Waals surface area contributed by atoms with Crippen LogP contribution in [0.5, 0.6) is 0 Å². The Morgan fingerprint density at radius 2 is 1.65 bits per heavy atom. The topological polar surface area (TPSA) is 46.9 Å². The number of hydrogen-bond donors (Lipinski definition) is 1. The first-order valence-electron chi connectivity index (χ1n) is 7.89. The molecule has 0 aliphatic heterocycles. The van der Waals surface area contributed by atoms with Crippen molar-refractivity contribution in [2.45, 2.75) is 20.4 Å². The minimum absolute atomic E-state index is 0.286. The molecule has 134 valence electrons. The van der Waals surface area contributed by atoms with Crippen molar-refractivity contribution in [2.24, 2.45) is 0 Å². The third-order valence-electron chi connectivity index (χ3n) is 3.87. The van der Waals surface area contributed by atoms with Crippen molar-refractivity contribution in [1.29, 1.82) is 0 Å². The first-order chi connectivity index (χ1) is 12.3. The highest BCUT2D eigenvalue weighted by Crippen LogP contribution is 2.25. The van der Waals surface area contributed by atoms with Gasteiger partial charge in [0.2, 0.25) is 0 Å². The summed E-state index contributed by atoms with van der Waals surface area (Å²) in [5, 5.41) is 8.32. The average Bonchev–Trinajstić information content (AvgIpc) is 2.82. The minimum Gasteiger partial charge on any atom is -0.322 e. The van der Waals surface area contributed by atoms with Crippen LogP contribution in [-0.2, 0) is 6.54 Å². The molecule has 0 aliphatic carbocycles. The van der Waals surface area contributed by atoms with E-state index in [4.69, 9.17) is 34.8 Å². The zero-order valence-corrected chi connectivity index (χ0v) is 16.5. The van der Waals surface area contributed by atoms with Crippen molar-refractivity contribution >= 4 is 46.4 Å². The molecule has 1 N–H and O–H groups in total. The van der Waals surface area contributed by atoms with E-state index in [0.717, 1.165) is 5.56 Å². The summed E-state index contributed by atoms with van der Waals surface area (Å²) in [6, 6.07) is 12.9. The maximum Gasteiger partial charge on any atom is 0.260 e. The van der Waals surface area contributed by atoms with Gasteiger partial charge in [-0.3, -0.25) is 4.79 Å². The smallest absolute Gasteiger partial charge is 0.260 e. The van der Waals surface area contributed by atoms with Gasteiger partial charge in [0.25, 0.3) is 5.91 Å². The zero-order valence-electron chi connectivity index (χ0n) is 14.2. The van der Waals surface area contributed by atoms with Crippen LogP contribution >= 0.6 is 34.8 Å². The van der Waals surface area contributed by atoms with Crippen molar-refractivity contribution in [3.8, 4) is 0 Å². The number of nitrogens with zero attached hydrogens (tertiary/aromatic N) is 2. The number of aryl methyl sites for hydroxylation is 2. The highest BCUT2D eigenvalue weighted by molar-refractivity contribution is 6.35. The van der Waals surface area contributed by atoms with Gasteiger partial charge in [-0.2, -0.15) is 5.10 Å². The lowest BCUT2D eigenvalue weighted by Crippen LogP contribution is -2.13. The van der Waals surface area contributed by atoms with Gasteiger partial charge in [-0.1, -0.05) is 64.6 Å². The molecule has 0 saturated heterocycles. The normalized spacial score (nSPS) is 10.8. The van der Waals surface area contributed by atoms with Crippen LogP contribution in [0, 0.1) is 13.8 Å². The van der Waals surface area contributed by atoms with Gasteiger partial charge in [-0.15, -0.1) is 0 Å². The summed E-state index contributed by atoms with van der Waals surface area (Å²) in [7, 11) is 0. The molecule has 0 atom stereocenters. The Balaban J connectivity index is 1.84. The number of carbonyl (C=O) groups excluding carboxylic acids is 1. The Hall–Kier alpha value is -2.01. The summed E-state index contributed by atoms with van der Waals surface area (Å²) in [5.74, 6) is -0.360. The van der Waals surface area contributed by atoms with Crippen LogP contribution in [0.4, 0.5) is 5.69 Å². The summed E-state index contributed by atoms with van der Waals surface area (Å²) >= 11 is 18.4. The van der Waals surface area contributed by atoms with E-state index in [-0.39, 0.29) is 11.1 Å². The van der Waals surface area contributed by atoms with Crippen molar-refractivity contribution in [2.75, 3.05) is 5.32 Å². The quantitative estimate of drug-likeness (QED) is 0.596. The molecule has 3 aromatic rings. The molecule has 0 saturated carbocycles. The first-order valence-corrected chi connectivity index (χ1v) is 9.03. The number of benzene rings is 2. The van der Waals surface area contributed by atoms with Crippen molar-refractivity contribution < 1.29 is 4.79 Å². The van der Waals surface area contributed by atoms with Crippen LogP contribution in [0.3, 0.4) is 0 Å². The SMILES string of the molecule is Cc1ccc(Cn2nc(C)c(C(=O)Nc3cc(Cl)cc(Cl)c3)c2Cl)cc1. The van der Waals surface area contributed by atoms with Gasteiger partial charge in [0, 0.05) is 15.7 Å². The maximum absolute atomic E-state index is 12.7. The molecule has 0 unspecified atom stereocenters. The molecule has 4 nitrogen and oxygen atoms in total. The first kappa shape index (κ1) is 18.8. The number of carbonyl (C=O) groups is 1. The van der Waals surface area contributed by atoms with E-state index in [2.05, 4.69) is 10.4 Å². The van der Waals surface area contributed by atoms with Crippen LogP contribution in [0.25, 0.3) is 0 Å². The fourth-order valence-electron chi connectivity index (χ4n) is 2.60. The van der Waals surface area contributed by atoms with Crippen molar-refractivity contribution in [3.63, 3.8) is 0 Å². The third kappa shape index (κ3) is 4.21.